The Labute approximate surface area is 188 Å². The molecular formula is C29H24N2O. The molecule has 0 spiro atoms. The molecule has 4 aromatic rings. The highest BCUT2D eigenvalue weighted by molar-refractivity contribution is 6.03. The van der Waals surface area contributed by atoms with E-state index >= 15 is 0 Å². The summed E-state index contributed by atoms with van der Waals surface area (Å²) in [5.74, 6) is 0.114. The van der Waals surface area contributed by atoms with Crippen LogP contribution in [0.1, 0.15) is 28.3 Å². The summed E-state index contributed by atoms with van der Waals surface area (Å²) in [5, 5.41) is 0. The topological polar surface area (TPSA) is 23.6 Å². The maximum Gasteiger partial charge on any atom is 0.251 e. The molecular weight excluding hydrogens is 392 g/mol. The Morgan fingerprint density at radius 1 is 0.688 bits per heavy atom. The number of carbonyl (C=O) groups excluding carboxylic acids is 1. The molecule has 4 aromatic carbocycles. The van der Waals surface area contributed by atoms with Crippen molar-refractivity contribution in [1.29, 1.82) is 0 Å². The van der Waals surface area contributed by atoms with E-state index in [2.05, 4.69) is 65.6 Å². The van der Waals surface area contributed by atoms with Gasteiger partial charge in [0.25, 0.3) is 5.91 Å². The number of hydrogen-bond acceptors (Lipinski definition) is 2. The van der Waals surface area contributed by atoms with E-state index in [1.165, 1.54) is 11.1 Å². The van der Waals surface area contributed by atoms with Gasteiger partial charge < -0.3 is 0 Å². The Kier molecular flexibility index (Phi) is 4.44. The van der Waals surface area contributed by atoms with Crippen LogP contribution >= 0.6 is 0 Å². The van der Waals surface area contributed by atoms with Gasteiger partial charge >= 0.3 is 0 Å². The highest BCUT2D eigenvalue weighted by Crippen LogP contribution is 2.54. The van der Waals surface area contributed by atoms with Crippen molar-refractivity contribution >= 4 is 11.6 Å². The highest BCUT2D eigenvalue weighted by Gasteiger charge is 2.61. The van der Waals surface area contributed by atoms with Gasteiger partial charge in [0.05, 0.1) is 0 Å². The molecule has 1 fully saturated rings. The zero-order valence-corrected chi connectivity index (χ0v) is 17.8. The van der Waals surface area contributed by atoms with Crippen LogP contribution in [0.4, 0.5) is 5.69 Å². The monoisotopic (exact) mass is 416 g/mol. The van der Waals surface area contributed by atoms with Crippen molar-refractivity contribution in [2.75, 3.05) is 11.4 Å². The smallest absolute Gasteiger partial charge is 0.251 e. The van der Waals surface area contributed by atoms with Crippen molar-refractivity contribution in [3.8, 4) is 0 Å². The predicted octanol–water partition coefficient (Wildman–Crippen LogP) is 5.53. The number of rotatable bonds is 3. The molecule has 156 valence electrons. The van der Waals surface area contributed by atoms with Gasteiger partial charge in [-0.1, -0.05) is 103 Å². The molecule has 6 rings (SSSR count). The Morgan fingerprint density at radius 2 is 1.28 bits per heavy atom. The van der Waals surface area contributed by atoms with E-state index in [4.69, 9.17) is 0 Å². The van der Waals surface area contributed by atoms with Crippen LogP contribution in [0, 0.1) is 0 Å². The first-order chi connectivity index (χ1) is 15.8. The molecule has 0 radical (unpaired) electrons. The molecule has 32 heavy (non-hydrogen) atoms. The maximum atomic E-state index is 14.3. The van der Waals surface area contributed by atoms with E-state index in [1.54, 1.807) is 0 Å². The minimum atomic E-state index is -0.699. The van der Waals surface area contributed by atoms with Gasteiger partial charge in [-0.3, -0.25) is 14.6 Å². The summed E-state index contributed by atoms with van der Waals surface area (Å²) in [5.41, 5.74) is 4.86. The summed E-state index contributed by atoms with van der Waals surface area (Å²) in [7, 11) is 0. The summed E-state index contributed by atoms with van der Waals surface area (Å²) >= 11 is 0. The predicted molar refractivity (Wildman–Crippen MR) is 127 cm³/mol. The first-order valence-electron chi connectivity index (χ1n) is 11.2. The number of carbonyl (C=O) groups is 1. The van der Waals surface area contributed by atoms with Gasteiger partial charge in [-0.25, -0.2) is 0 Å². The lowest BCUT2D eigenvalue weighted by atomic mass is 9.81. The fourth-order valence-corrected chi connectivity index (χ4v) is 5.59. The van der Waals surface area contributed by atoms with Crippen molar-refractivity contribution in [2.45, 2.75) is 18.1 Å². The van der Waals surface area contributed by atoms with Gasteiger partial charge in [0, 0.05) is 17.8 Å². The lowest BCUT2D eigenvalue weighted by molar-refractivity contribution is -0.119. The molecule has 2 aliphatic rings. The Bertz CT molecular complexity index is 1260. The molecule has 0 N–H and O–H groups in total. The van der Waals surface area contributed by atoms with E-state index < -0.39 is 5.66 Å². The molecule has 1 saturated heterocycles. The van der Waals surface area contributed by atoms with Crippen molar-refractivity contribution in [2.24, 2.45) is 0 Å². The summed E-state index contributed by atoms with van der Waals surface area (Å²) in [4.78, 5) is 18.8. The third-order valence-electron chi connectivity index (χ3n) is 6.83. The largest absolute Gasteiger partial charge is 0.283 e. The SMILES string of the molecule is O=C1[C@H](c2ccccc2)N2CCc3ccccc3[C@@]2(c2ccccc2)N1c1ccccc1. The van der Waals surface area contributed by atoms with Gasteiger partial charge in [-0.05, 0) is 35.2 Å². The molecule has 3 heteroatoms. The van der Waals surface area contributed by atoms with Crippen LogP contribution < -0.4 is 4.90 Å². The zero-order valence-electron chi connectivity index (χ0n) is 17.8. The molecule has 2 atom stereocenters. The first-order valence-corrected chi connectivity index (χ1v) is 11.2. The molecule has 0 bridgehead atoms. The third kappa shape index (κ3) is 2.61. The van der Waals surface area contributed by atoms with Crippen LogP contribution in [-0.2, 0) is 16.9 Å². The van der Waals surface area contributed by atoms with E-state index in [9.17, 15) is 4.79 Å². The number of anilines is 1. The molecule has 0 aliphatic carbocycles. The van der Waals surface area contributed by atoms with E-state index in [0.29, 0.717) is 0 Å². The fourth-order valence-electron chi connectivity index (χ4n) is 5.59. The standard InChI is InChI=1S/C29H24N2O/c32-28-27(23-13-4-1-5-14-23)30-21-20-22-12-10-11-19-26(22)29(30,24-15-6-2-7-16-24)31(28)25-17-8-3-9-18-25/h1-19,27H,20-21H2/t27-,29+/m0/s1. The number of hydrogen-bond donors (Lipinski definition) is 0. The lowest BCUT2D eigenvalue weighted by Gasteiger charge is -2.48. The maximum absolute atomic E-state index is 14.3. The average molecular weight is 417 g/mol. The summed E-state index contributed by atoms with van der Waals surface area (Å²) in [6, 6.07) is 39.1. The molecule has 3 nitrogen and oxygen atoms in total. The number of nitrogens with zero attached hydrogens (tertiary/aromatic N) is 2. The van der Waals surface area contributed by atoms with Gasteiger partial charge in [-0.15, -0.1) is 0 Å². The van der Waals surface area contributed by atoms with Gasteiger partial charge in [0.2, 0.25) is 0 Å². The first kappa shape index (κ1) is 19.0. The highest BCUT2D eigenvalue weighted by atomic mass is 16.2. The number of amides is 1. The van der Waals surface area contributed by atoms with Crippen LogP contribution in [0.25, 0.3) is 0 Å². The van der Waals surface area contributed by atoms with E-state index in [1.807, 2.05) is 59.5 Å². The number of fused-ring (bicyclic) bond motifs is 3. The van der Waals surface area contributed by atoms with Crippen molar-refractivity contribution in [3.63, 3.8) is 0 Å². The van der Waals surface area contributed by atoms with Crippen LogP contribution in [0.2, 0.25) is 0 Å². The summed E-state index contributed by atoms with van der Waals surface area (Å²) in [6.45, 7) is 0.806. The molecule has 2 heterocycles. The van der Waals surface area contributed by atoms with Crippen LogP contribution in [0.5, 0.6) is 0 Å². The normalized spacial score (nSPS) is 22.4. The molecule has 0 saturated carbocycles. The Hall–Kier alpha value is -3.69. The van der Waals surface area contributed by atoms with Crippen LogP contribution in [-0.4, -0.2) is 17.4 Å². The Balaban J connectivity index is 1.70. The molecule has 1 amide bonds. The number of benzene rings is 4. The second kappa shape index (κ2) is 7.47. The van der Waals surface area contributed by atoms with Gasteiger partial charge in [0.1, 0.15) is 6.04 Å². The van der Waals surface area contributed by atoms with Gasteiger partial charge in [0.15, 0.2) is 5.66 Å². The Morgan fingerprint density at radius 3 is 2.00 bits per heavy atom. The van der Waals surface area contributed by atoms with Crippen molar-refractivity contribution in [3.05, 3.63) is 138 Å². The van der Waals surface area contributed by atoms with E-state index in [-0.39, 0.29) is 11.9 Å². The fraction of sp³-hybridized carbons (Fsp3) is 0.138. The van der Waals surface area contributed by atoms with Gasteiger partial charge in [-0.2, -0.15) is 0 Å². The summed E-state index contributed by atoms with van der Waals surface area (Å²) < 4.78 is 0. The molecule has 0 unspecified atom stereocenters. The third-order valence-corrected chi connectivity index (χ3v) is 6.83. The average Bonchev–Trinajstić information content (AvgIpc) is 3.15. The summed E-state index contributed by atoms with van der Waals surface area (Å²) in [6.07, 6.45) is 0.921. The molecule has 0 aromatic heterocycles. The minimum absolute atomic E-state index is 0.114. The van der Waals surface area contributed by atoms with Crippen molar-refractivity contribution in [1.82, 2.24) is 4.90 Å². The quantitative estimate of drug-likeness (QED) is 0.438. The number of para-hydroxylation sites is 1. The minimum Gasteiger partial charge on any atom is -0.283 e. The zero-order chi connectivity index (χ0) is 21.5. The second-order valence-electron chi connectivity index (χ2n) is 8.46. The molecule has 2 aliphatic heterocycles. The van der Waals surface area contributed by atoms with Crippen LogP contribution in [0.15, 0.2) is 115 Å². The van der Waals surface area contributed by atoms with Crippen molar-refractivity contribution < 1.29 is 4.79 Å². The van der Waals surface area contributed by atoms with E-state index in [0.717, 1.165) is 29.8 Å². The lowest BCUT2D eigenvalue weighted by Crippen LogP contribution is -2.55. The second-order valence-corrected chi connectivity index (χ2v) is 8.46. The van der Waals surface area contributed by atoms with Crippen LogP contribution in [0.3, 0.4) is 0 Å².